The number of nitrogens with two attached hydrogens (primary N) is 1. The molecule has 6 nitrogen and oxygen atoms in total. The molecule has 3 N–H and O–H groups in total. The molecule has 1 aliphatic heterocycles. The van der Waals surface area contributed by atoms with Crippen molar-refractivity contribution in [2.24, 2.45) is 11.7 Å². The molecule has 1 aromatic carbocycles. The summed E-state index contributed by atoms with van der Waals surface area (Å²) in [6.45, 7) is 2.78. The van der Waals surface area contributed by atoms with E-state index in [0.717, 1.165) is 37.9 Å². The van der Waals surface area contributed by atoms with Crippen LogP contribution in [0.15, 0.2) is 42.5 Å². The van der Waals surface area contributed by atoms with Crippen molar-refractivity contribution in [3.05, 3.63) is 65.0 Å². The monoisotopic (exact) mass is 380 g/mol. The summed E-state index contributed by atoms with van der Waals surface area (Å²) in [6.07, 6.45) is 3.83. The van der Waals surface area contributed by atoms with Crippen molar-refractivity contribution in [1.29, 1.82) is 0 Å². The van der Waals surface area contributed by atoms with Gasteiger partial charge in [0.1, 0.15) is 5.69 Å². The van der Waals surface area contributed by atoms with Crippen LogP contribution in [0.3, 0.4) is 0 Å². The van der Waals surface area contributed by atoms with Crippen molar-refractivity contribution >= 4 is 11.8 Å². The summed E-state index contributed by atoms with van der Waals surface area (Å²) in [5.41, 5.74) is 7.80. The van der Waals surface area contributed by atoms with Gasteiger partial charge in [-0.3, -0.25) is 9.59 Å². The maximum Gasteiger partial charge on any atom is 0.272 e. The zero-order chi connectivity index (χ0) is 19.9. The third-order valence-corrected chi connectivity index (χ3v) is 5.29. The van der Waals surface area contributed by atoms with E-state index < -0.39 is 5.91 Å². The summed E-state index contributed by atoms with van der Waals surface area (Å²) in [5, 5.41) is 3.36. The zero-order valence-corrected chi connectivity index (χ0v) is 16.4. The van der Waals surface area contributed by atoms with Crippen molar-refractivity contribution in [3.8, 4) is 0 Å². The first-order chi connectivity index (χ1) is 13.5. The Bertz CT molecular complexity index is 817. The minimum Gasteiger partial charge on any atom is -0.366 e. The summed E-state index contributed by atoms with van der Waals surface area (Å²) in [6, 6.07) is 13.0. The van der Waals surface area contributed by atoms with Gasteiger partial charge in [-0.15, -0.1) is 0 Å². The molecule has 0 atom stereocenters. The smallest absolute Gasteiger partial charge is 0.272 e. The first kappa shape index (κ1) is 20.0. The normalized spacial score (nSPS) is 14.6. The summed E-state index contributed by atoms with van der Waals surface area (Å²) in [5.74, 6) is -0.0791. The number of amides is 2. The van der Waals surface area contributed by atoms with Crippen LogP contribution in [-0.2, 0) is 6.42 Å². The summed E-state index contributed by atoms with van der Waals surface area (Å²) >= 11 is 0. The van der Waals surface area contributed by atoms with E-state index >= 15 is 0 Å². The second-order valence-electron chi connectivity index (χ2n) is 7.47. The Morgan fingerprint density at radius 3 is 2.57 bits per heavy atom. The molecule has 148 valence electrons. The van der Waals surface area contributed by atoms with Gasteiger partial charge in [-0.25, -0.2) is 4.98 Å². The number of carbonyl (C=O) groups is 2. The average Bonchev–Trinajstić information content (AvgIpc) is 2.72. The van der Waals surface area contributed by atoms with Crippen LogP contribution < -0.4 is 11.1 Å². The lowest BCUT2D eigenvalue weighted by atomic mass is 9.94. The number of nitrogens with zero attached hydrogens (tertiary/aromatic N) is 2. The summed E-state index contributed by atoms with van der Waals surface area (Å²) in [4.78, 5) is 30.9. The first-order valence-electron chi connectivity index (χ1n) is 9.84. The van der Waals surface area contributed by atoms with E-state index in [9.17, 15) is 9.59 Å². The fourth-order valence-electron chi connectivity index (χ4n) is 3.58. The third-order valence-electron chi connectivity index (χ3n) is 5.29. The predicted molar refractivity (Wildman–Crippen MR) is 109 cm³/mol. The Morgan fingerprint density at radius 1 is 1.18 bits per heavy atom. The molecule has 0 bridgehead atoms. The molecular formula is C22H28N4O2. The van der Waals surface area contributed by atoms with Gasteiger partial charge in [0.25, 0.3) is 5.91 Å². The SMILES string of the molecule is CN(CCC1CCNCC1)C(=O)c1cc(C(N)=O)cc(Cc2ccccc2)n1. The van der Waals surface area contributed by atoms with Crippen molar-refractivity contribution < 1.29 is 9.59 Å². The molecule has 28 heavy (non-hydrogen) atoms. The lowest BCUT2D eigenvalue weighted by Gasteiger charge is -2.25. The van der Waals surface area contributed by atoms with Crippen LogP contribution in [0, 0.1) is 5.92 Å². The molecule has 3 rings (SSSR count). The Hall–Kier alpha value is -2.73. The molecule has 6 heteroatoms. The van der Waals surface area contributed by atoms with Gasteiger partial charge in [-0.2, -0.15) is 0 Å². The Morgan fingerprint density at radius 2 is 1.89 bits per heavy atom. The van der Waals surface area contributed by atoms with Crippen LogP contribution in [0.5, 0.6) is 0 Å². The molecule has 2 heterocycles. The second-order valence-corrected chi connectivity index (χ2v) is 7.47. The maximum absolute atomic E-state index is 12.9. The molecule has 1 saturated heterocycles. The number of benzene rings is 1. The molecule has 0 saturated carbocycles. The minimum atomic E-state index is -0.553. The van der Waals surface area contributed by atoms with Crippen molar-refractivity contribution in [2.45, 2.75) is 25.7 Å². The highest BCUT2D eigenvalue weighted by molar-refractivity contribution is 5.97. The number of hydrogen-bond acceptors (Lipinski definition) is 4. The third kappa shape index (κ3) is 5.39. The van der Waals surface area contributed by atoms with E-state index in [-0.39, 0.29) is 11.6 Å². The van der Waals surface area contributed by atoms with E-state index in [2.05, 4.69) is 10.3 Å². The fraction of sp³-hybridized carbons (Fsp3) is 0.409. The minimum absolute atomic E-state index is 0.175. The van der Waals surface area contributed by atoms with Crippen LogP contribution in [0.4, 0.5) is 0 Å². The average molecular weight is 380 g/mol. The fourth-order valence-corrected chi connectivity index (χ4v) is 3.58. The highest BCUT2D eigenvalue weighted by Gasteiger charge is 2.19. The van der Waals surface area contributed by atoms with Crippen LogP contribution in [0.1, 0.15) is 51.4 Å². The zero-order valence-electron chi connectivity index (χ0n) is 16.4. The van der Waals surface area contributed by atoms with Crippen LogP contribution in [-0.4, -0.2) is 48.4 Å². The Labute approximate surface area is 166 Å². The molecule has 1 fully saturated rings. The van der Waals surface area contributed by atoms with Gasteiger partial charge in [-0.05, 0) is 56.0 Å². The van der Waals surface area contributed by atoms with Crippen LogP contribution in [0.2, 0.25) is 0 Å². The standard InChI is InChI=1S/C22H28N4O2/c1-26(12-9-16-7-10-24-11-8-16)22(28)20-15-18(21(23)27)14-19(25-20)13-17-5-3-2-4-6-17/h2-6,14-16,24H,7-13H2,1H3,(H2,23,27). The molecule has 0 aliphatic carbocycles. The molecule has 0 unspecified atom stereocenters. The van der Waals surface area contributed by atoms with Crippen LogP contribution >= 0.6 is 0 Å². The molecule has 1 aromatic heterocycles. The molecular weight excluding hydrogens is 352 g/mol. The van der Waals surface area contributed by atoms with Gasteiger partial charge in [0.05, 0.1) is 0 Å². The largest absolute Gasteiger partial charge is 0.366 e. The number of pyridine rings is 1. The van der Waals surface area contributed by atoms with Crippen molar-refractivity contribution in [2.75, 3.05) is 26.7 Å². The number of primary amides is 1. The number of nitrogens with one attached hydrogen (secondary N) is 1. The molecule has 0 radical (unpaired) electrons. The number of rotatable bonds is 7. The highest BCUT2D eigenvalue weighted by atomic mass is 16.2. The Balaban J connectivity index is 1.73. The predicted octanol–water partition coefficient (Wildman–Crippen LogP) is 2.23. The van der Waals surface area contributed by atoms with Crippen molar-refractivity contribution in [3.63, 3.8) is 0 Å². The van der Waals surface area contributed by atoms with Crippen molar-refractivity contribution in [1.82, 2.24) is 15.2 Å². The second kappa shape index (κ2) is 9.46. The summed E-state index contributed by atoms with van der Waals surface area (Å²) < 4.78 is 0. The lowest BCUT2D eigenvalue weighted by molar-refractivity contribution is 0.0778. The first-order valence-corrected chi connectivity index (χ1v) is 9.84. The van der Waals surface area contributed by atoms with Gasteiger partial charge >= 0.3 is 0 Å². The highest BCUT2D eigenvalue weighted by Crippen LogP contribution is 2.17. The van der Waals surface area contributed by atoms with Gasteiger partial charge in [0.15, 0.2) is 0 Å². The quantitative estimate of drug-likeness (QED) is 0.771. The maximum atomic E-state index is 12.9. The van der Waals surface area contributed by atoms with E-state index in [4.69, 9.17) is 5.73 Å². The molecule has 1 aliphatic rings. The molecule has 2 amide bonds. The van der Waals surface area contributed by atoms with E-state index in [1.165, 1.54) is 6.07 Å². The molecule has 0 spiro atoms. The lowest BCUT2D eigenvalue weighted by Crippen LogP contribution is -2.33. The Kier molecular flexibility index (Phi) is 6.76. The number of piperidine rings is 1. The van der Waals surface area contributed by atoms with Gasteiger partial charge < -0.3 is 16.0 Å². The van der Waals surface area contributed by atoms with Crippen LogP contribution in [0.25, 0.3) is 0 Å². The van der Waals surface area contributed by atoms with E-state index in [0.29, 0.717) is 30.1 Å². The topological polar surface area (TPSA) is 88.3 Å². The van der Waals surface area contributed by atoms with Gasteiger partial charge in [0, 0.05) is 31.3 Å². The van der Waals surface area contributed by atoms with Gasteiger partial charge in [-0.1, -0.05) is 30.3 Å². The number of aromatic nitrogens is 1. The number of carbonyl (C=O) groups excluding carboxylic acids is 2. The number of hydrogen-bond donors (Lipinski definition) is 2. The molecule has 2 aromatic rings. The van der Waals surface area contributed by atoms with E-state index in [1.54, 1.807) is 18.0 Å². The van der Waals surface area contributed by atoms with Gasteiger partial charge in [0.2, 0.25) is 5.91 Å². The summed E-state index contributed by atoms with van der Waals surface area (Å²) in [7, 11) is 1.79. The van der Waals surface area contributed by atoms with E-state index in [1.807, 2.05) is 30.3 Å².